The molecular weight excluding hydrogens is 587 g/mol. The van der Waals surface area contributed by atoms with E-state index in [1.807, 2.05) is 20.8 Å². The van der Waals surface area contributed by atoms with Crippen LogP contribution in [0, 0.1) is 0 Å². The van der Waals surface area contributed by atoms with Crippen LogP contribution in [0.1, 0.15) is 91.1 Å². The van der Waals surface area contributed by atoms with Gasteiger partial charge in [0.05, 0.1) is 48.2 Å². The van der Waals surface area contributed by atoms with Crippen molar-refractivity contribution in [1.29, 1.82) is 0 Å². The van der Waals surface area contributed by atoms with Crippen LogP contribution in [0.15, 0.2) is 24.5 Å². The van der Waals surface area contributed by atoms with Crippen LogP contribution in [0.25, 0.3) is 0 Å². The second kappa shape index (κ2) is 16.3. The van der Waals surface area contributed by atoms with Crippen molar-refractivity contribution in [2.75, 3.05) is 11.1 Å². The number of nitrogen functional groups attached to an aromatic ring is 1. The molecule has 236 valence electrons. The number of halogens is 2. The third-order valence-electron chi connectivity index (χ3n) is 6.02. The zero-order chi connectivity index (χ0) is 32.4. The molecule has 11 nitrogen and oxygen atoms in total. The molecule has 0 spiro atoms. The lowest BCUT2D eigenvalue weighted by Crippen LogP contribution is -2.28. The number of carbonyl (C=O) groups is 2. The monoisotopic (exact) mass is 630 g/mol. The molecule has 2 aromatic rings. The number of pyridine rings is 2. The summed E-state index contributed by atoms with van der Waals surface area (Å²) in [5.74, 6) is -0.925. The van der Waals surface area contributed by atoms with Crippen molar-refractivity contribution in [2.24, 2.45) is 0 Å². The smallest absolute Gasteiger partial charge is 0.412 e. The van der Waals surface area contributed by atoms with E-state index in [0.29, 0.717) is 34.9 Å². The van der Waals surface area contributed by atoms with Crippen molar-refractivity contribution in [3.63, 3.8) is 0 Å². The zero-order valence-electron chi connectivity index (χ0n) is 25.7. The minimum Gasteiger partial charge on any atom is -0.444 e. The summed E-state index contributed by atoms with van der Waals surface area (Å²) in [7, 11) is 0. The average molecular weight is 632 g/mol. The van der Waals surface area contributed by atoms with Gasteiger partial charge in [-0.3, -0.25) is 10.1 Å². The number of Topliss-reactive ketones (excluding diaryl/α,β-unsaturated/α-hetero) is 1. The molecule has 1 aliphatic rings. The zero-order valence-corrected chi connectivity index (χ0v) is 27.2. The van der Waals surface area contributed by atoms with E-state index in [1.165, 1.54) is 18.5 Å². The van der Waals surface area contributed by atoms with Gasteiger partial charge in [0, 0.05) is 24.0 Å². The quantitative estimate of drug-likeness (QED) is 0.215. The normalized spacial score (nSPS) is 21.2. The number of nitrogens with zero attached hydrogens (tertiary/aromatic N) is 2. The minimum absolute atomic E-state index is 0.0290. The van der Waals surface area contributed by atoms with Gasteiger partial charge in [-0.2, -0.15) is 0 Å². The van der Waals surface area contributed by atoms with Gasteiger partial charge in [0.2, 0.25) is 0 Å². The first-order chi connectivity index (χ1) is 19.4. The molecule has 0 aromatic carbocycles. The SMILES string of the molecule is CC(O)C(C)O.CCC(=O)c1cc(Cl)ncc1NC(=O)OC(C)(C)C.CCC1(c2cc(Cl)ncc2N)OC(C)C(C)O1. The standard InChI is InChI=1S/C13H17ClN2O3.C12H17ClN2O2.C4H10O2/c1-5-10(17)8-6-11(14)15-7-9(8)16-12(18)19-13(2,3)4;1-4-12(16-7(2)8(3)17-12)9-5-11(13)15-6-10(9)14;1-3(5)4(2)6/h6-7H,5H2,1-4H3,(H,16,18);5-8H,4,14H2,1-3H3;3-6H,1-2H3. The summed E-state index contributed by atoms with van der Waals surface area (Å²) >= 11 is 11.7. The van der Waals surface area contributed by atoms with Gasteiger partial charge in [0.1, 0.15) is 15.9 Å². The molecule has 3 rings (SSSR count). The number of ketones is 1. The molecule has 0 aliphatic carbocycles. The van der Waals surface area contributed by atoms with Gasteiger partial charge in [-0.05, 0) is 60.6 Å². The Morgan fingerprint density at radius 3 is 2.00 bits per heavy atom. The minimum atomic E-state index is -0.796. The first-order valence-electron chi connectivity index (χ1n) is 13.7. The van der Waals surface area contributed by atoms with E-state index in [1.54, 1.807) is 47.6 Å². The molecule has 1 aliphatic heterocycles. The van der Waals surface area contributed by atoms with E-state index in [2.05, 4.69) is 15.3 Å². The molecule has 0 saturated carbocycles. The van der Waals surface area contributed by atoms with Crippen LogP contribution in [0.5, 0.6) is 0 Å². The van der Waals surface area contributed by atoms with Gasteiger partial charge in [-0.25, -0.2) is 14.8 Å². The highest BCUT2D eigenvalue weighted by Gasteiger charge is 2.45. The van der Waals surface area contributed by atoms with Crippen molar-refractivity contribution in [3.8, 4) is 0 Å². The molecule has 1 saturated heterocycles. The number of nitrogens with two attached hydrogens (primary N) is 1. The third-order valence-corrected chi connectivity index (χ3v) is 6.43. The molecule has 3 heterocycles. The second-order valence-corrected chi connectivity index (χ2v) is 11.6. The van der Waals surface area contributed by atoms with Crippen LogP contribution >= 0.6 is 23.2 Å². The van der Waals surface area contributed by atoms with Crippen LogP contribution in [0.2, 0.25) is 10.3 Å². The van der Waals surface area contributed by atoms with E-state index in [0.717, 1.165) is 5.56 Å². The summed E-state index contributed by atoms with van der Waals surface area (Å²) in [6.45, 7) is 16.1. The Kier molecular flexibility index (Phi) is 14.6. The number of aliphatic hydroxyl groups is 2. The van der Waals surface area contributed by atoms with Crippen LogP contribution in [-0.4, -0.2) is 62.1 Å². The molecular formula is C29H44Cl2N4O7. The number of amides is 1. The van der Waals surface area contributed by atoms with E-state index < -0.39 is 29.7 Å². The molecule has 1 fully saturated rings. The summed E-state index contributed by atoms with van der Waals surface area (Å²) in [5.41, 5.74) is 7.25. The highest BCUT2D eigenvalue weighted by molar-refractivity contribution is 6.30. The van der Waals surface area contributed by atoms with Crippen molar-refractivity contribution in [3.05, 3.63) is 46.0 Å². The van der Waals surface area contributed by atoms with Gasteiger partial charge in [-0.1, -0.05) is 37.0 Å². The molecule has 13 heteroatoms. The first-order valence-corrected chi connectivity index (χ1v) is 14.4. The van der Waals surface area contributed by atoms with Crippen molar-refractivity contribution >= 4 is 46.5 Å². The summed E-state index contributed by atoms with van der Waals surface area (Å²) in [4.78, 5) is 31.2. The number of anilines is 2. The molecule has 1 amide bonds. The van der Waals surface area contributed by atoms with Gasteiger partial charge in [0.25, 0.3) is 0 Å². The predicted molar refractivity (Wildman–Crippen MR) is 164 cm³/mol. The van der Waals surface area contributed by atoms with Gasteiger partial charge in [-0.15, -0.1) is 0 Å². The summed E-state index contributed by atoms with van der Waals surface area (Å²) in [6, 6.07) is 3.14. The number of ether oxygens (including phenoxy) is 3. The van der Waals surface area contributed by atoms with E-state index in [-0.39, 0.29) is 23.1 Å². The number of hydrogen-bond acceptors (Lipinski definition) is 10. The summed E-state index contributed by atoms with van der Waals surface area (Å²) < 4.78 is 17.0. The number of aromatic nitrogens is 2. The van der Waals surface area contributed by atoms with Gasteiger partial charge in [0.15, 0.2) is 11.6 Å². The fourth-order valence-electron chi connectivity index (χ4n) is 3.44. The molecule has 4 unspecified atom stereocenters. The van der Waals surface area contributed by atoms with Crippen molar-refractivity contribution < 1.29 is 34.0 Å². The highest BCUT2D eigenvalue weighted by atomic mass is 35.5. The van der Waals surface area contributed by atoms with E-state index >= 15 is 0 Å². The number of nitrogens with one attached hydrogen (secondary N) is 1. The molecule has 42 heavy (non-hydrogen) atoms. The Morgan fingerprint density at radius 2 is 1.55 bits per heavy atom. The summed E-state index contributed by atoms with van der Waals surface area (Å²) in [5, 5.41) is 19.9. The number of hydrogen-bond donors (Lipinski definition) is 4. The lowest BCUT2D eigenvalue weighted by molar-refractivity contribution is -0.183. The maximum absolute atomic E-state index is 11.8. The van der Waals surface area contributed by atoms with Crippen LogP contribution in [0.4, 0.5) is 16.2 Å². The van der Waals surface area contributed by atoms with Gasteiger partial charge >= 0.3 is 6.09 Å². The van der Waals surface area contributed by atoms with Crippen molar-refractivity contribution in [1.82, 2.24) is 9.97 Å². The Labute approximate surface area is 258 Å². The maximum Gasteiger partial charge on any atom is 0.412 e. The Balaban J connectivity index is 0.000000354. The Hall–Kier alpha value is -2.54. The lowest BCUT2D eigenvalue weighted by Gasteiger charge is -2.28. The predicted octanol–water partition coefficient (Wildman–Crippen LogP) is 6.13. The fourth-order valence-corrected chi connectivity index (χ4v) is 3.75. The van der Waals surface area contributed by atoms with E-state index in [4.69, 9.17) is 53.4 Å². The molecule has 5 N–H and O–H groups in total. The first kappa shape index (κ1) is 37.5. The Bertz CT molecular complexity index is 1170. The van der Waals surface area contributed by atoms with Crippen LogP contribution in [0.3, 0.4) is 0 Å². The number of carbonyl (C=O) groups excluding carboxylic acids is 2. The average Bonchev–Trinajstić information content (AvgIpc) is 3.19. The van der Waals surface area contributed by atoms with E-state index in [9.17, 15) is 9.59 Å². The largest absolute Gasteiger partial charge is 0.444 e. The molecule has 0 radical (unpaired) electrons. The lowest BCUT2D eigenvalue weighted by atomic mass is 10.0. The third kappa shape index (κ3) is 11.6. The maximum atomic E-state index is 11.8. The molecule has 0 bridgehead atoms. The van der Waals surface area contributed by atoms with Crippen LogP contribution < -0.4 is 11.1 Å². The van der Waals surface area contributed by atoms with Gasteiger partial charge < -0.3 is 30.2 Å². The fraction of sp³-hybridized carbons (Fsp3) is 0.586. The topological polar surface area (TPSA) is 166 Å². The Morgan fingerprint density at radius 1 is 1.05 bits per heavy atom. The highest BCUT2D eigenvalue weighted by Crippen LogP contribution is 2.42. The summed E-state index contributed by atoms with van der Waals surface area (Å²) in [6.07, 6.45) is 2.10. The number of aliphatic hydroxyl groups excluding tert-OH is 2. The molecule has 4 atom stereocenters. The van der Waals surface area contributed by atoms with Crippen molar-refractivity contribution in [2.45, 2.75) is 111 Å². The van der Waals surface area contributed by atoms with Crippen LogP contribution in [-0.2, 0) is 20.0 Å². The second-order valence-electron chi connectivity index (χ2n) is 10.8. The molecule has 2 aromatic heterocycles. The number of rotatable bonds is 6.